The lowest BCUT2D eigenvalue weighted by atomic mass is 10.1. The second kappa shape index (κ2) is 8.63. The fourth-order valence-electron chi connectivity index (χ4n) is 2.13. The van der Waals surface area contributed by atoms with Crippen molar-refractivity contribution in [1.82, 2.24) is 15.4 Å². The number of sulfonamides is 1. The minimum absolute atomic E-state index is 0.104. The first-order chi connectivity index (χ1) is 12.3. The molecule has 0 bridgehead atoms. The molecule has 0 saturated heterocycles. The van der Waals surface area contributed by atoms with E-state index in [2.05, 4.69) is 15.4 Å². The molecule has 2 amide bonds. The van der Waals surface area contributed by atoms with Crippen LogP contribution in [0.15, 0.2) is 47.3 Å². The number of nitrogens with one attached hydrogen (secondary N) is 3. The van der Waals surface area contributed by atoms with Crippen LogP contribution in [0.1, 0.15) is 28.4 Å². The third-order valence-corrected chi connectivity index (χ3v) is 5.02. The molecule has 1 atom stereocenters. The number of rotatable bonds is 8. The molecule has 0 spiro atoms. The van der Waals surface area contributed by atoms with Gasteiger partial charge in [0.2, 0.25) is 15.9 Å². The second-order valence-electron chi connectivity index (χ2n) is 5.70. The van der Waals surface area contributed by atoms with E-state index in [1.165, 1.54) is 25.6 Å². The van der Waals surface area contributed by atoms with Gasteiger partial charge in [-0.25, -0.2) is 13.1 Å². The lowest BCUT2D eigenvalue weighted by Gasteiger charge is -2.14. The average molecular weight is 379 g/mol. The number of furan rings is 1. The Labute approximate surface area is 152 Å². The second-order valence-corrected chi connectivity index (χ2v) is 7.63. The summed E-state index contributed by atoms with van der Waals surface area (Å²) in [6.45, 7) is 1.85. The minimum Gasteiger partial charge on any atom is -0.472 e. The van der Waals surface area contributed by atoms with Gasteiger partial charge in [0, 0.05) is 6.54 Å². The molecule has 8 nitrogen and oxygen atoms in total. The zero-order chi connectivity index (χ0) is 19.2. The molecule has 1 heterocycles. The molecule has 2 aromatic rings. The predicted octanol–water partition coefficient (Wildman–Crippen LogP) is 0.764. The van der Waals surface area contributed by atoms with Gasteiger partial charge >= 0.3 is 0 Å². The van der Waals surface area contributed by atoms with E-state index in [1.54, 1.807) is 31.2 Å². The minimum atomic E-state index is -3.32. The van der Waals surface area contributed by atoms with E-state index in [4.69, 9.17) is 4.42 Å². The maximum Gasteiger partial charge on any atom is 0.255 e. The van der Waals surface area contributed by atoms with Crippen LogP contribution in [0.5, 0.6) is 0 Å². The zero-order valence-corrected chi connectivity index (χ0v) is 15.3. The number of hydrogen-bond acceptors (Lipinski definition) is 5. The first-order valence-electron chi connectivity index (χ1n) is 7.90. The van der Waals surface area contributed by atoms with Gasteiger partial charge in [0.25, 0.3) is 5.91 Å². The number of amides is 2. The molecule has 0 fully saturated rings. The summed E-state index contributed by atoms with van der Waals surface area (Å²) in [5.74, 6) is -0.826. The van der Waals surface area contributed by atoms with Crippen molar-refractivity contribution < 1.29 is 22.4 Å². The van der Waals surface area contributed by atoms with Gasteiger partial charge in [0.15, 0.2) is 0 Å². The van der Waals surface area contributed by atoms with Gasteiger partial charge in [-0.1, -0.05) is 24.3 Å². The highest BCUT2D eigenvalue weighted by Gasteiger charge is 2.17. The fourth-order valence-corrected chi connectivity index (χ4v) is 2.90. The van der Waals surface area contributed by atoms with Gasteiger partial charge in [0.05, 0.1) is 17.6 Å². The third kappa shape index (κ3) is 5.71. The summed E-state index contributed by atoms with van der Waals surface area (Å²) in [4.78, 5) is 23.9. The van der Waals surface area contributed by atoms with Gasteiger partial charge in [-0.15, -0.1) is 0 Å². The molecule has 0 aliphatic carbocycles. The van der Waals surface area contributed by atoms with Crippen LogP contribution in [0.25, 0.3) is 0 Å². The van der Waals surface area contributed by atoms with Crippen LogP contribution in [0, 0.1) is 0 Å². The molecule has 26 heavy (non-hydrogen) atoms. The summed E-state index contributed by atoms with van der Waals surface area (Å²) < 4.78 is 30.1. The van der Waals surface area contributed by atoms with Gasteiger partial charge in [0.1, 0.15) is 12.3 Å². The van der Waals surface area contributed by atoms with Gasteiger partial charge in [-0.3, -0.25) is 9.59 Å². The maximum absolute atomic E-state index is 12.1. The first kappa shape index (κ1) is 19.7. The molecule has 0 radical (unpaired) electrons. The normalized spacial score (nSPS) is 12.4. The molecule has 0 saturated carbocycles. The third-order valence-electron chi connectivity index (χ3n) is 3.68. The molecule has 1 aromatic heterocycles. The van der Waals surface area contributed by atoms with E-state index < -0.39 is 22.0 Å². The number of benzene rings is 1. The van der Waals surface area contributed by atoms with Gasteiger partial charge < -0.3 is 15.1 Å². The topological polar surface area (TPSA) is 118 Å². The summed E-state index contributed by atoms with van der Waals surface area (Å²) in [5, 5.41) is 5.30. The van der Waals surface area contributed by atoms with Crippen molar-refractivity contribution in [2.45, 2.75) is 25.3 Å². The first-order valence-corrected chi connectivity index (χ1v) is 9.56. The highest BCUT2D eigenvalue weighted by Crippen LogP contribution is 2.08. The average Bonchev–Trinajstić information content (AvgIpc) is 3.15. The number of carbonyl (C=O) groups is 2. The Morgan fingerprint density at radius 2 is 1.77 bits per heavy atom. The Morgan fingerprint density at radius 1 is 1.12 bits per heavy atom. The quantitative estimate of drug-likeness (QED) is 0.626. The number of carbonyl (C=O) groups excluding carboxylic acids is 2. The smallest absolute Gasteiger partial charge is 0.255 e. The Hall–Kier alpha value is -2.65. The molecule has 9 heteroatoms. The molecule has 2 rings (SSSR count). The Morgan fingerprint density at radius 3 is 2.35 bits per heavy atom. The van der Waals surface area contributed by atoms with Crippen LogP contribution >= 0.6 is 0 Å². The zero-order valence-electron chi connectivity index (χ0n) is 14.5. The van der Waals surface area contributed by atoms with E-state index in [0.717, 1.165) is 5.56 Å². The molecule has 1 aromatic carbocycles. The van der Waals surface area contributed by atoms with E-state index in [1.807, 2.05) is 0 Å². The van der Waals surface area contributed by atoms with Crippen molar-refractivity contribution in [2.75, 3.05) is 7.05 Å². The van der Waals surface area contributed by atoms with Crippen molar-refractivity contribution in [3.05, 3.63) is 59.5 Å². The summed E-state index contributed by atoms with van der Waals surface area (Å²) in [5.41, 5.74) is 1.81. The van der Waals surface area contributed by atoms with E-state index >= 15 is 0 Å². The lowest BCUT2D eigenvalue weighted by Crippen LogP contribution is -2.44. The highest BCUT2D eigenvalue weighted by molar-refractivity contribution is 7.88. The largest absolute Gasteiger partial charge is 0.472 e. The Balaban J connectivity index is 1.84. The molecule has 0 aliphatic heterocycles. The molecule has 0 unspecified atom stereocenters. The van der Waals surface area contributed by atoms with E-state index in [-0.39, 0.29) is 18.2 Å². The standard InChI is InChI=1S/C17H21N3O5S/c1-12(20-17(22)15-7-8-25-10-15)16(21)19-9-13-3-5-14(6-4-13)11-26(23,24)18-2/h3-8,10,12,18H,9,11H2,1-2H3,(H,19,21)(H,20,22)/t12-/m1/s1. The maximum atomic E-state index is 12.1. The van der Waals surface area contributed by atoms with Crippen LogP contribution in [0.4, 0.5) is 0 Å². The Bertz CT molecular complexity index is 845. The summed E-state index contributed by atoms with van der Waals surface area (Å²) in [6.07, 6.45) is 2.68. The molecule has 3 N–H and O–H groups in total. The molecular weight excluding hydrogens is 358 g/mol. The predicted molar refractivity (Wildman–Crippen MR) is 95.6 cm³/mol. The highest BCUT2D eigenvalue weighted by atomic mass is 32.2. The van der Waals surface area contributed by atoms with Crippen molar-refractivity contribution in [3.8, 4) is 0 Å². The summed E-state index contributed by atoms with van der Waals surface area (Å²) in [6, 6.07) is 7.68. The van der Waals surface area contributed by atoms with Crippen LogP contribution in [0.2, 0.25) is 0 Å². The van der Waals surface area contributed by atoms with Crippen molar-refractivity contribution in [1.29, 1.82) is 0 Å². The fraction of sp³-hybridized carbons (Fsp3) is 0.294. The molecular formula is C17H21N3O5S. The molecule has 0 aliphatic rings. The lowest BCUT2D eigenvalue weighted by molar-refractivity contribution is -0.122. The van der Waals surface area contributed by atoms with Crippen molar-refractivity contribution in [2.24, 2.45) is 0 Å². The van der Waals surface area contributed by atoms with Crippen LogP contribution in [-0.2, 0) is 27.1 Å². The Kier molecular flexibility index (Phi) is 6.53. The van der Waals surface area contributed by atoms with Crippen molar-refractivity contribution in [3.63, 3.8) is 0 Å². The summed E-state index contributed by atoms with van der Waals surface area (Å²) >= 11 is 0. The van der Waals surface area contributed by atoms with Crippen molar-refractivity contribution >= 4 is 21.8 Å². The van der Waals surface area contributed by atoms with E-state index in [0.29, 0.717) is 11.1 Å². The van der Waals surface area contributed by atoms with Crippen LogP contribution < -0.4 is 15.4 Å². The molecule has 140 valence electrons. The SMILES string of the molecule is CNS(=O)(=O)Cc1ccc(CNC(=O)[C@@H](C)NC(=O)c2ccoc2)cc1. The summed E-state index contributed by atoms with van der Waals surface area (Å²) in [7, 11) is -1.95. The van der Waals surface area contributed by atoms with Gasteiger partial charge in [-0.2, -0.15) is 0 Å². The van der Waals surface area contributed by atoms with Crippen LogP contribution in [0.3, 0.4) is 0 Å². The van der Waals surface area contributed by atoms with E-state index in [9.17, 15) is 18.0 Å². The number of hydrogen-bond donors (Lipinski definition) is 3. The van der Waals surface area contributed by atoms with Crippen LogP contribution in [-0.4, -0.2) is 33.3 Å². The van der Waals surface area contributed by atoms with Gasteiger partial charge in [-0.05, 0) is 31.2 Å². The monoisotopic (exact) mass is 379 g/mol.